The van der Waals surface area contributed by atoms with Crippen molar-refractivity contribution in [2.24, 2.45) is 4.99 Å². The molecule has 6 heteroatoms. The molecule has 6 nitrogen and oxygen atoms in total. The molecule has 13 rings (SSSR count). The molecule has 12 aromatic rings. The Balaban J connectivity index is 1.10. The number of para-hydroxylation sites is 4. The van der Waals surface area contributed by atoms with Crippen molar-refractivity contribution in [3.8, 4) is 22.8 Å². The number of nitrogens with zero attached hydrogens (tertiary/aromatic N) is 5. The van der Waals surface area contributed by atoms with Crippen LogP contribution in [0.2, 0.25) is 0 Å². The Labute approximate surface area is 375 Å². The highest BCUT2D eigenvalue weighted by Gasteiger charge is 2.23. The van der Waals surface area contributed by atoms with Crippen molar-refractivity contribution in [2.45, 2.75) is 6.04 Å². The number of nitrogens with one attached hydrogen (secondary N) is 1. The average molecular weight is 833 g/mol. The van der Waals surface area contributed by atoms with E-state index >= 15 is 0 Å². The lowest BCUT2D eigenvalue weighted by Crippen LogP contribution is -2.31. The molecule has 0 bridgehead atoms. The van der Waals surface area contributed by atoms with Gasteiger partial charge in [0.25, 0.3) is 0 Å². The molecule has 0 radical (unpaired) electrons. The van der Waals surface area contributed by atoms with Gasteiger partial charge in [0.2, 0.25) is 0 Å². The minimum Gasteiger partial charge on any atom is -0.359 e. The second kappa shape index (κ2) is 15.0. The molecule has 9 aromatic carbocycles. The minimum atomic E-state index is -0.0285. The maximum absolute atomic E-state index is 5.41. The summed E-state index contributed by atoms with van der Waals surface area (Å²) in [7, 11) is 0. The molecular formula is C59H40N6. The molecule has 65 heavy (non-hydrogen) atoms. The number of fused-ring (bicyclic) bond motifs is 7. The topological polar surface area (TPSA) is 51.5 Å². The van der Waals surface area contributed by atoms with Crippen molar-refractivity contribution in [3.63, 3.8) is 0 Å². The summed E-state index contributed by atoms with van der Waals surface area (Å²) in [5.74, 6) is 1.76. The lowest BCUT2D eigenvalue weighted by Gasteiger charge is -2.24. The Morgan fingerprint density at radius 1 is 0.400 bits per heavy atom. The van der Waals surface area contributed by atoms with Gasteiger partial charge in [0.1, 0.15) is 11.7 Å². The molecule has 3 aromatic heterocycles. The maximum atomic E-state index is 5.41. The second-order valence-corrected chi connectivity index (χ2v) is 16.7. The van der Waals surface area contributed by atoms with E-state index in [2.05, 4.69) is 243 Å². The normalized spacial score (nSPS) is 14.0. The fourth-order valence-electron chi connectivity index (χ4n) is 9.93. The van der Waals surface area contributed by atoms with Crippen LogP contribution >= 0.6 is 0 Å². The number of rotatable bonds is 6. The van der Waals surface area contributed by atoms with E-state index in [1.54, 1.807) is 0 Å². The summed E-state index contributed by atoms with van der Waals surface area (Å²) in [6.45, 7) is 0. The highest BCUT2D eigenvalue weighted by atomic mass is 15.1. The quantitative estimate of drug-likeness (QED) is 0.181. The van der Waals surface area contributed by atoms with E-state index in [9.17, 15) is 0 Å². The van der Waals surface area contributed by atoms with Gasteiger partial charge in [-0.3, -0.25) is 4.40 Å². The lowest BCUT2D eigenvalue weighted by atomic mass is 10.0. The Morgan fingerprint density at radius 2 is 0.969 bits per heavy atom. The largest absolute Gasteiger partial charge is 0.359 e. The first kappa shape index (κ1) is 36.9. The first-order valence-electron chi connectivity index (χ1n) is 22.1. The molecule has 1 aliphatic rings. The van der Waals surface area contributed by atoms with E-state index in [-0.39, 0.29) is 6.04 Å². The van der Waals surface area contributed by atoms with Crippen LogP contribution in [0.1, 0.15) is 22.7 Å². The predicted molar refractivity (Wildman–Crippen MR) is 269 cm³/mol. The van der Waals surface area contributed by atoms with Crippen LogP contribution in [0, 0.1) is 0 Å². The van der Waals surface area contributed by atoms with Gasteiger partial charge in [-0.2, -0.15) is 0 Å². The van der Waals surface area contributed by atoms with E-state index in [0.29, 0.717) is 0 Å². The number of imidazole rings is 1. The van der Waals surface area contributed by atoms with Crippen LogP contribution in [-0.4, -0.2) is 24.4 Å². The average Bonchev–Trinajstić information content (AvgIpc) is 3.93. The Bertz CT molecular complexity index is 3880. The van der Waals surface area contributed by atoms with Gasteiger partial charge in [0, 0.05) is 49.6 Å². The number of aromatic nitrogens is 4. The molecule has 1 unspecified atom stereocenters. The van der Waals surface area contributed by atoms with Crippen molar-refractivity contribution in [2.75, 3.05) is 0 Å². The molecule has 0 amide bonds. The molecule has 0 saturated heterocycles. The Hall–Kier alpha value is -8.74. The minimum absolute atomic E-state index is 0.0285. The highest BCUT2D eigenvalue weighted by molar-refractivity contribution is 6.16. The monoisotopic (exact) mass is 832 g/mol. The van der Waals surface area contributed by atoms with Crippen LogP contribution in [0.25, 0.3) is 88.6 Å². The molecule has 4 heterocycles. The van der Waals surface area contributed by atoms with Crippen molar-refractivity contribution in [3.05, 3.63) is 247 Å². The molecule has 0 fully saturated rings. The SMILES string of the molecule is C1=C(c2ccc(-n3c4ccccc4c4cc5c(cc43)n(-c3ccccc3)c3ccccc3c3cccc4nc(-c6ccccc6)n5c43)cc2)N=C(c2ccccc2)NC1c1ccccc1. The second-order valence-electron chi connectivity index (χ2n) is 16.7. The van der Waals surface area contributed by atoms with Crippen molar-refractivity contribution < 1.29 is 0 Å². The summed E-state index contributed by atoms with van der Waals surface area (Å²) >= 11 is 0. The van der Waals surface area contributed by atoms with Gasteiger partial charge in [0.05, 0.1) is 50.4 Å². The van der Waals surface area contributed by atoms with Gasteiger partial charge in [-0.25, -0.2) is 9.98 Å². The first-order valence-corrected chi connectivity index (χ1v) is 22.1. The fourth-order valence-corrected chi connectivity index (χ4v) is 9.93. The van der Waals surface area contributed by atoms with Crippen molar-refractivity contribution >= 4 is 71.7 Å². The molecule has 1 aliphatic heterocycles. The van der Waals surface area contributed by atoms with Crippen molar-refractivity contribution in [1.82, 2.24) is 23.8 Å². The third-order valence-electron chi connectivity index (χ3n) is 12.9. The van der Waals surface area contributed by atoms with E-state index < -0.39 is 0 Å². The van der Waals surface area contributed by atoms with Crippen LogP contribution < -0.4 is 5.32 Å². The first-order chi connectivity index (χ1) is 32.2. The zero-order valence-electron chi connectivity index (χ0n) is 35.3. The molecule has 1 atom stereocenters. The summed E-state index contributed by atoms with van der Waals surface area (Å²) in [6.07, 6.45) is 2.24. The summed E-state index contributed by atoms with van der Waals surface area (Å²) in [5, 5.41) is 8.32. The predicted octanol–water partition coefficient (Wildman–Crippen LogP) is 14.0. The highest BCUT2D eigenvalue weighted by Crippen LogP contribution is 2.40. The van der Waals surface area contributed by atoms with E-state index in [1.807, 2.05) is 6.07 Å². The van der Waals surface area contributed by atoms with Crippen LogP contribution in [-0.2, 0) is 0 Å². The summed E-state index contributed by atoms with van der Waals surface area (Å²) in [6, 6.07) is 80.0. The van der Waals surface area contributed by atoms with E-state index in [4.69, 9.17) is 9.98 Å². The van der Waals surface area contributed by atoms with E-state index in [1.165, 1.54) is 10.9 Å². The van der Waals surface area contributed by atoms with Crippen LogP contribution in [0.5, 0.6) is 0 Å². The number of hydrogen-bond acceptors (Lipinski definition) is 3. The summed E-state index contributed by atoms with van der Waals surface area (Å²) < 4.78 is 7.25. The van der Waals surface area contributed by atoms with Crippen LogP contribution in [0.15, 0.2) is 236 Å². The standard InChI is InChI=1S/C59H40N6/c1-5-18-39(19-6-1)50-37-51(61-58(60-50)41-20-7-2-8-21-41)40-32-34-44(35-33-40)63-53-31-16-14-27-46(53)48-36-55-56(38-54(48)63)64(43-24-11-4-12-25-43)52-30-15-13-26-45(52)47-28-17-29-49-57(47)65(55)59(62-49)42-22-9-3-10-23-42/h1-38,50H,(H,60,61). The van der Waals surface area contributed by atoms with Crippen molar-refractivity contribution in [1.29, 1.82) is 0 Å². The van der Waals surface area contributed by atoms with E-state index in [0.717, 1.165) is 100 Å². The Kier molecular flexibility index (Phi) is 8.49. The summed E-state index contributed by atoms with van der Waals surface area (Å²) in [4.78, 5) is 10.6. The Morgan fingerprint density at radius 3 is 1.68 bits per heavy atom. The van der Waals surface area contributed by atoms with Gasteiger partial charge in [0.15, 0.2) is 0 Å². The molecule has 0 aliphatic carbocycles. The summed E-state index contributed by atoms with van der Waals surface area (Å²) in [5.41, 5.74) is 14.9. The third-order valence-corrected chi connectivity index (χ3v) is 12.9. The molecular weight excluding hydrogens is 793 g/mol. The van der Waals surface area contributed by atoms with Gasteiger partial charge >= 0.3 is 0 Å². The number of hydrogen-bond donors (Lipinski definition) is 1. The number of benzene rings is 9. The zero-order valence-corrected chi connectivity index (χ0v) is 35.3. The van der Waals surface area contributed by atoms with Gasteiger partial charge in [-0.1, -0.05) is 170 Å². The molecule has 306 valence electrons. The fraction of sp³-hybridized carbons (Fsp3) is 0.0169. The number of amidine groups is 1. The van der Waals surface area contributed by atoms with Gasteiger partial charge in [-0.05, 0) is 66.2 Å². The molecule has 0 spiro atoms. The maximum Gasteiger partial charge on any atom is 0.145 e. The van der Waals surface area contributed by atoms with Crippen LogP contribution in [0.3, 0.4) is 0 Å². The molecule has 1 N–H and O–H groups in total. The smallest absolute Gasteiger partial charge is 0.145 e. The van der Waals surface area contributed by atoms with Gasteiger partial charge < -0.3 is 14.5 Å². The zero-order chi connectivity index (χ0) is 42.8. The molecule has 0 saturated carbocycles. The third kappa shape index (κ3) is 6.03. The van der Waals surface area contributed by atoms with Gasteiger partial charge in [-0.15, -0.1) is 0 Å². The number of aliphatic imine (C=N–C) groups is 1. The van der Waals surface area contributed by atoms with Crippen LogP contribution in [0.4, 0.5) is 0 Å². The lowest BCUT2D eigenvalue weighted by molar-refractivity contribution is 0.781.